The third kappa shape index (κ3) is 2.32. The standard InChI is InChI=1S/C10H13N7O2/c1-17-10(12-5-13-17)15-8(18)7-14-9(19-16-7)6-3-2-4-11-6/h5-6,11H,2-4H2,1H3,(H,12,13,15,18). The molecule has 100 valence electrons. The van der Waals surface area contributed by atoms with E-state index < -0.39 is 5.91 Å². The van der Waals surface area contributed by atoms with Crippen molar-refractivity contribution in [2.24, 2.45) is 7.05 Å². The van der Waals surface area contributed by atoms with Crippen molar-refractivity contribution >= 4 is 11.9 Å². The molecular weight excluding hydrogens is 250 g/mol. The maximum atomic E-state index is 11.9. The lowest BCUT2D eigenvalue weighted by atomic mass is 10.2. The molecule has 0 bridgehead atoms. The molecule has 0 spiro atoms. The third-order valence-electron chi connectivity index (χ3n) is 2.94. The van der Waals surface area contributed by atoms with Crippen molar-refractivity contribution in [3.8, 4) is 0 Å². The summed E-state index contributed by atoms with van der Waals surface area (Å²) in [6.45, 7) is 0.924. The number of carbonyl (C=O) groups is 1. The predicted molar refractivity (Wildman–Crippen MR) is 63.2 cm³/mol. The SMILES string of the molecule is Cn1ncnc1NC(=O)c1noc(C2CCCN2)n1. The van der Waals surface area contributed by atoms with Crippen molar-refractivity contribution in [2.45, 2.75) is 18.9 Å². The molecule has 0 aromatic carbocycles. The third-order valence-corrected chi connectivity index (χ3v) is 2.94. The number of hydrogen-bond acceptors (Lipinski definition) is 7. The van der Waals surface area contributed by atoms with Gasteiger partial charge in [0.25, 0.3) is 11.7 Å². The maximum Gasteiger partial charge on any atom is 0.299 e. The first kappa shape index (κ1) is 11.8. The topological polar surface area (TPSA) is 111 Å². The van der Waals surface area contributed by atoms with Crippen LogP contribution in [0.1, 0.15) is 35.4 Å². The molecule has 9 heteroatoms. The Bertz CT molecular complexity index is 584. The zero-order chi connectivity index (χ0) is 13.2. The Morgan fingerprint density at radius 3 is 3.21 bits per heavy atom. The first-order chi connectivity index (χ1) is 9.24. The van der Waals surface area contributed by atoms with E-state index in [0.717, 1.165) is 19.4 Å². The van der Waals surface area contributed by atoms with Gasteiger partial charge in [-0.15, -0.1) is 0 Å². The Balaban J connectivity index is 1.72. The summed E-state index contributed by atoms with van der Waals surface area (Å²) in [7, 11) is 1.67. The quantitative estimate of drug-likeness (QED) is 0.793. The summed E-state index contributed by atoms with van der Waals surface area (Å²) < 4.78 is 6.53. The van der Waals surface area contributed by atoms with E-state index in [0.29, 0.717) is 11.8 Å². The molecule has 2 N–H and O–H groups in total. The van der Waals surface area contributed by atoms with E-state index >= 15 is 0 Å². The second-order valence-corrected chi connectivity index (χ2v) is 4.27. The first-order valence-corrected chi connectivity index (χ1v) is 5.96. The molecular formula is C10H13N7O2. The van der Waals surface area contributed by atoms with Crippen LogP contribution in [-0.4, -0.2) is 37.4 Å². The van der Waals surface area contributed by atoms with Gasteiger partial charge in [-0.05, 0) is 19.4 Å². The van der Waals surface area contributed by atoms with Gasteiger partial charge in [-0.1, -0.05) is 5.16 Å². The molecule has 1 fully saturated rings. The smallest absolute Gasteiger partial charge is 0.299 e. The Morgan fingerprint density at radius 2 is 2.53 bits per heavy atom. The van der Waals surface area contributed by atoms with Crippen LogP contribution in [0.3, 0.4) is 0 Å². The van der Waals surface area contributed by atoms with Crippen LogP contribution >= 0.6 is 0 Å². The van der Waals surface area contributed by atoms with E-state index in [9.17, 15) is 4.79 Å². The molecule has 1 saturated heterocycles. The summed E-state index contributed by atoms with van der Waals surface area (Å²) in [5, 5.41) is 13.3. The summed E-state index contributed by atoms with van der Waals surface area (Å²) in [6.07, 6.45) is 3.35. The van der Waals surface area contributed by atoms with Gasteiger partial charge >= 0.3 is 0 Å². The summed E-state index contributed by atoms with van der Waals surface area (Å²) in [6, 6.07) is 0.0453. The number of carbonyl (C=O) groups excluding carboxylic acids is 1. The van der Waals surface area contributed by atoms with Crippen LogP contribution in [-0.2, 0) is 7.05 Å². The van der Waals surface area contributed by atoms with E-state index in [1.807, 2.05) is 0 Å². The minimum atomic E-state index is -0.468. The number of hydrogen-bond donors (Lipinski definition) is 2. The molecule has 2 aromatic rings. The lowest BCUT2D eigenvalue weighted by Crippen LogP contribution is -2.17. The monoisotopic (exact) mass is 263 g/mol. The Kier molecular flexibility index (Phi) is 2.95. The molecule has 2 aromatic heterocycles. The first-order valence-electron chi connectivity index (χ1n) is 5.96. The van der Waals surface area contributed by atoms with Crippen LogP contribution in [0, 0.1) is 0 Å². The van der Waals surface area contributed by atoms with E-state index in [2.05, 4.69) is 30.9 Å². The molecule has 1 amide bonds. The molecule has 0 radical (unpaired) electrons. The fourth-order valence-electron chi connectivity index (χ4n) is 1.93. The van der Waals surface area contributed by atoms with Crippen LogP contribution in [0.5, 0.6) is 0 Å². The van der Waals surface area contributed by atoms with E-state index in [1.54, 1.807) is 7.05 Å². The molecule has 1 aliphatic rings. The van der Waals surface area contributed by atoms with Crippen molar-refractivity contribution in [3.63, 3.8) is 0 Å². The fraction of sp³-hybridized carbons (Fsp3) is 0.500. The van der Waals surface area contributed by atoms with Crippen LogP contribution in [0.15, 0.2) is 10.9 Å². The normalized spacial score (nSPS) is 18.7. The Hall–Kier alpha value is -2.29. The van der Waals surface area contributed by atoms with Gasteiger partial charge in [0.2, 0.25) is 11.8 Å². The Morgan fingerprint density at radius 1 is 1.63 bits per heavy atom. The molecule has 1 aliphatic heterocycles. The number of amides is 1. The number of nitrogens with zero attached hydrogens (tertiary/aromatic N) is 5. The summed E-state index contributed by atoms with van der Waals surface area (Å²) in [5.74, 6) is 0.298. The fourth-order valence-corrected chi connectivity index (χ4v) is 1.93. The van der Waals surface area contributed by atoms with E-state index in [1.165, 1.54) is 11.0 Å². The van der Waals surface area contributed by atoms with E-state index in [4.69, 9.17) is 4.52 Å². The van der Waals surface area contributed by atoms with Crippen LogP contribution in [0.2, 0.25) is 0 Å². The molecule has 9 nitrogen and oxygen atoms in total. The second kappa shape index (κ2) is 4.76. The summed E-state index contributed by atoms with van der Waals surface area (Å²) in [4.78, 5) is 19.9. The molecule has 19 heavy (non-hydrogen) atoms. The average Bonchev–Trinajstić information content (AvgIpc) is 3.09. The van der Waals surface area contributed by atoms with E-state index in [-0.39, 0.29) is 11.9 Å². The van der Waals surface area contributed by atoms with Gasteiger partial charge in [0.1, 0.15) is 6.33 Å². The summed E-state index contributed by atoms with van der Waals surface area (Å²) >= 11 is 0. The minimum absolute atomic E-state index is 0.00769. The summed E-state index contributed by atoms with van der Waals surface area (Å²) in [5.41, 5.74) is 0. The highest BCUT2D eigenvalue weighted by atomic mass is 16.5. The largest absolute Gasteiger partial charge is 0.337 e. The van der Waals surface area contributed by atoms with Crippen molar-refractivity contribution in [1.82, 2.24) is 30.2 Å². The van der Waals surface area contributed by atoms with Gasteiger partial charge in [0.05, 0.1) is 6.04 Å². The molecule has 3 heterocycles. The number of rotatable bonds is 3. The maximum absolute atomic E-state index is 11.9. The van der Waals surface area contributed by atoms with Gasteiger partial charge in [-0.2, -0.15) is 15.1 Å². The number of anilines is 1. The zero-order valence-corrected chi connectivity index (χ0v) is 10.3. The lowest BCUT2D eigenvalue weighted by Gasteiger charge is -2.01. The van der Waals surface area contributed by atoms with Gasteiger partial charge in [0.15, 0.2) is 0 Å². The van der Waals surface area contributed by atoms with Crippen molar-refractivity contribution in [3.05, 3.63) is 18.0 Å². The highest BCUT2D eigenvalue weighted by Crippen LogP contribution is 2.21. The Labute approximate surface area is 108 Å². The molecule has 1 atom stereocenters. The van der Waals surface area contributed by atoms with Crippen LogP contribution < -0.4 is 10.6 Å². The van der Waals surface area contributed by atoms with Gasteiger partial charge in [-0.25, -0.2) is 4.68 Å². The van der Waals surface area contributed by atoms with Gasteiger partial charge < -0.3 is 9.84 Å². The average molecular weight is 263 g/mol. The number of nitrogens with one attached hydrogen (secondary N) is 2. The number of aryl methyl sites for hydroxylation is 1. The van der Waals surface area contributed by atoms with Crippen LogP contribution in [0.25, 0.3) is 0 Å². The zero-order valence-electron chi connectivity index (χ0n) is 10.3. The van der Waals surface area contributed by atoms with Crippen LogP contribution in [0.4, 0.5) is 5.95 Å². The van der Waals surface area contributed by atoms with Gasteiger partial charge in [0, 0.05) is 7.05 Å². The molecule has 0 saturated carbocycles. The predicted octanol–water partition coefficient (Wildman–Crippen LogP) is -0.125. The molecule has 3 rings (SSSR count). The second-order valence-electron chi connectivity index (χ2n) is 4.27. The number of aromatic nitrogens is 5. The molecule has 0 aliphatic carbocycles. The molecule has 1 unspecified atom stereocenters. The highest BCUT2D eigenvalue weighted by molar-refractivity contribution is 6.00. The van der Waals surface area contributed by atoms with Crippen molar-refractivity contribution < 1.29 is 9.32 Å². The highest BCUT2D eigenvalue weighted by Gasteiger charge is 2.24. The van der Waals surface area contributed by atoms with Crippen molar-refractivity contribution in [1.29, 1.82) is 0 Å². The lowest BCUT2D eigenvalue weighted by molar-refractivity contribution is 0.101. The van der Waals surface area contributed by atoms with Gasteiger partial charge in [-0.3, -0.25) is 10.1 Å². The van der Waals surface area contributed by atoms with Crippen molar-refractivity contribution in [2.75, 3.05) is 11.9 Å². The minimum Gasteiger partial charge on any atom is -0.337 e.